The van der Waals surface area contributed by atoms with Crippen LogP contribution in [0, 0.1) is 0 Å². The van der Waals surface area contributed by atoms with Crippen LogP contribution in [0.1, 0.15) is 17.3 Å². The topological polar surface area (TPSA) is 87.3 Å². The minimum absolute atomic E-state index is 0.0595. The van der Waals surface area contributed by atoms with Gasteiger partial charge in [-0.3, -0.25) is 9.78 Å². The summed E-state index contributed by atoms with van der Waals surface area (Å²) in [6.07, 6.45) is 1.27. The van der Waals surface area contributed by atoms with Crippen LogP contribution in [0.25, 0.3) is 0 Å². The summed E-state index contributed by atoms with van der Waals surface area (Å²) in [4.78, 5) is 31.9. The highest BCUT2D eigenvalue weighted by atomic mass is 16.5. The Morgan fingerprint density at radius 3 is 2.83 bits per heavy atom. The summed E-state index contributed by atoms with van der Waals surface area (Å²) in [5.41, 5.74) is -0.521. The second-order valence-corrected chi connectivity index (χ2v) is 3.91. The van der Waals surface area contributed by atoms with Crippen LogP contribution in [0.5, 0.6) is 0 Å². The van der Waals surface area contributed by atoms with Crippen LogP contribution in [0.4, 0.5) is 5.95 Å². The van der Waals surface area contributed by atoms with Crippen molar-refractivity contribution in [1.82, 2.24) is 15.3 Å². The van der Waals surface area contributed by atoms with Crippen LogP contribution < -0.4 is 15.8 Å². The van der Waals surface area contributed by atoms with E-state index in [-0.39, 0.29) is 12.2 Å². The van der Waals surface area contributed by atoms with Crippen molar-refractivity contribution < 1.29 is 9.53 Å². The largest absolute Gasteiger partial charge is 0.462 e. The number of nitrogens with one attached hydrogen (secondary N) is 2. The van der Waals surface area contributed by atoms with E-state index in [2.05, 4.69) is 15.3 Å². The monoisotopic (exact) mass is 252 g/mol. The Morgan fingerprint density at radius 1 is 1.50 bits per heavy atom. The third-order valence-corrected chi connectivity index (χ3v) is 2.70. The average molecular weight is 252 g/mol. The van der Waals surface area contributed by atoms with Gasteiger partial charge in [-0.15, -0.1) is 0 Å². The maximum absolute atomic E-state index is 11.8. The predicted molar refractivity (Wildman–Crippen MR) is 65.9 cm³/mol. The molecule has 7 heteroatoms. The average Bonchev–Trinajstić information content (AvgIpc) is 2.40. The standard InChI is InChI=1S/C11H16N4O3/c1-2-18-10(17)8-7-13-11(14-9(8)16)15-5-3-12-4-6-15/h7,12H,2-6H2,1H3,(H,13,14,16). The molecule has 2 heterocycles. The molecule has 0 spiro atoms. The van der Waals surface area contributed by atoms with E-state index in [1.54, 1.807) is 6.92 Å². The summed E-state index contributed by atoms with van der Waals surface area (Å²) in [5.74, 6) is -0.146. The number of anilines is 1. The highest BCUT2D eigenvalue weighted by molar-refractivity contribution is 5.88. The normalized spacial score (nSPS) is 15.5. The Kier molecular flexibility index (Phi) is 3.93. The van der Waals surface area contributed by atoms with Crippen molar-refractivity contribution in [3.63, 3.8) is 0 Å². The molecule has 0 atom stereocenters. The van der Waals surface area contributed by atoms with E-state index < -0.39 is 11.5 Å². The third kappa shape index (κ3) is 2.67. The fourth-order valence-corrected chi connectivity index (χ4v) is 1.78. The number of piperazine rings is 1. The zero-order valence-corrected chi connectivity index (χ0v) is 10.2. The second-order valence-electron chi connectivity index (χ2n) is 3.91. The van der Waals surface area contributed by atoms with Gasteiger partial charge in [0.05, 0.1) is 12.8 Å². The molecule has 2 rings (SSSR count). The van der Waals surface area contributed by atoms with Gasteiger partial charge in [0, 0.05) is 26.2 Å². The molecule has 1 aliphatic heterocycles. The van der Waals surface area contributed by atoms with Crippen molar-refractivity contribution in [1.29, 1.82) is 0 Å². The molecule has 2 N–H and O–H groups in total. The molecule has 0 aliphatic carbocycles. The van der Waals surface area contributed by atoms with Crippen LogP contribution in [0.3, 0.4) is 0 Å². The van der Waals surface area contributed by atoms with E-state index in [4.69, 9.17) is 4.74 Å². The number of rotatable bonds is 3. The number of esters is 1. The Labute approximate surface area is 104 Å². The van der Waals surface area contributed by atoms with Crippen molar-refractivity contribution in [2.75, 3.05) is 37.7 Å². The summed E-state index contributed by atoms with van der Waals surface area (Å²) in [5, 5.41) is 3.21. The fraction of sp³-hybridized carbons (Fsp3) is 0.545. The van der Waals surface area contributed by atoms with E-state index in [0.717, 1.165) is 26.2 Å². The molecule has 0 radical (unpaired) electrons. The van der Waals surface area contributed by atoms with Gasteiger partial charge in [0.2, 0.25) is 5.95 Å². The van der Waals surface area contributed by atoms with Gasteiger partial charge in [-0.1, -0.05) is 0 Å². The Balaban J connectivity index is 2.19. The highest BCUT2D eigenvalue weighted by Crippen LogP contribution is 2.05. The minimum Gasteiger partial charge on any atom is -0.462 e. The zero-order valence-electron chi connectivity index (χ0n) is 10.2. The quantitative estimate of drug-likeness (QED) is 0.696. The number of carbonyl (C=O) groups excluding carboxylic acids is 1. The second kappa shape index (κ2) is 5.63. The number of carbonyl (C=O) groups is 1. The molecular weight excluding hydrogens is 236 g/mol. The van der Waals surface area contributed by atoms with Gasteiger partial charge in [0.1, 0.15) is 5.56 Å². The van der Waals surface area contributed by atoms with Gasteiger partial charge >= 0.3 is 5.97 Å². The number of hydrogen-bond donors (Lipinski definition) is 2. The van der Waals surface area contributed by atoms with Crippen molar-refractivity contribution in [3.8, 4) is 0 Å². The SMILES string of the molecule is CCOC(=O)c1cnc(N2CCNCC2)[nH]c1=O. The third-order valence-electron chi connectivity index (χ3n) is 2.70. The van der Waals surface area contributed by atoms with E-state index in [1.165, 1.54) is 6.20 Å². The molecule has 1 aromatic heterocycles. The van der Waals surface area contributed by atoms with Gasteiger partial charge in [-0.05, 0) is 6.92 Å². The fourth-order valence-electron chi connectivity index (χ4n) is 1.78. The molecule has 0 aromatic carbocycles. The van der Waals surface area contributed by atoms with Crippen LogP contribution in [0.15, 0.2) is 11.0 Å². The lowest BCUT2D eigenvalue weighted by Crippen LogP contribution is -2.44. The van der Waals surface area contributed by atoms with Crippen molar-refractivity contribution in [2.24, 2.45) is 0 Å². The molecule has 98 valence electrons. The maximum Gasteiger partial charge on any atom is 0.345 e. The highest BCUT2D eigenvalue weighted by Gasteiger charge is 2.16. The van der Waals surface area contributed by atoms with E-state index in [1.807, 2.05) is 4.90 Å². The lowest BCUT2D eigenvalue weighted by Gasteiger charge is -2.27. The lowest BCUT2D eigenvalue weighted by atomic mass is 10.3. The first-order valence-corrected chi connectivity index (χ1v) is 5.94. The minimum atomic E-state index is -0.641. The Hall–Kier alpha value is -1.89. The molecule has 0 amide bonds. The van der Waals surface area contributed by atoms with Crippen LogP contribution >= 0.6 is 0 Å². The number of aromatic nitrogens is 2. The maximum atomic E-state index is 11.8. The molecule has 1 saturated heterocycles. The number of H-pyrrole nitrogens is 1. The van der Waals surface area contributed by atoms with Crippen molar-refractivity contribution >= 4 is 11.9 Å². The summed E-state index contributed by atoms with van der Waals surface area (Å²) in [6, 6.07) is 0. The Morgan fingerprint density at radius 2 is 2.22 bits per heavy atom. The summed E-state index contributed by atoms with van der Waals surface area (Å²) >= 11 is 0. The smallest absolute Gasteiger partial charge is 0.345 e. The summed E-state index contributed by atoms with van der Waals surface area (Å²) in [6.45, 7) is 5.18. The van der Waals surface area contributed by atoms with Crippen LogP contribution in [0.2, 0.25) is 0 Å². The van der Waals surface area contributed by atoms with E-state index >= 15 is 0 Å². The van der Waals surface area contributed by atoms with Gasteiger partial charge in [0.15, 0.2) is 0 Å². The number of ether oxygens (including phenoxy) is 1. The molecular formula is C11H16N4O3. The number of hydrogen-bond acceptors (Lipinski definition) is 6. The zero-order chi connectivity index (χ0) is 13.0. The van der Waals surface area contributed by atoms with Gasteiger partial charge in [-0.25, -0.2) is 9.78 Å². The molecule has 1 aromatic rings. The van der Waals surface area contributed by atoms with Crippen LogP contribution in [-0.2, 0) is 4.74 Å². The molecule has 0 unspecified atom stereocenters. The van der Waals surface area contributed by atoms with Crippen molar-refractivity contribution in [2.45, 2.75) is 6.92 Å². The molecule has 7 nitrogen and oxygen atoms in total. The first kappa shape index (κ1) is 12.6. The molecule has 1 fully saturated rings. The molecule has 18 heavy (non-hydrogen) atoms. The summed E-state index contributed by atoms with van der Waals surface area (Å²) in [7, 11) is 0. The molecule has 0 bridgehead atoms. The predicted octanol–water partition coefficient (Wildman–Crippen LogP) is -0.644. The first-order chi connectivity index (χ1) is 8.72. The van der Waals surface area contributed by atoms with Crippen molar-refractivity contribution in [3.05, 3.63) is 22.1 Å². The van der Waals surface area contributed by atoms with Gasteiger partial charge < -0.3 is 15.0 Å². The van der Waals surface area contributed by atoms with Crippen LogP contribution in [-0.4, -0.2) is 48.7 Å². The van der Waals surface area contributed by atoms with E-state index in [0.29, 0.717) is 5.95 Å². The Bertz CT molecular complexity index is 479. The van der Waals surface area contributed by atoms with Gasteiger partial charge in [-0.2, -0.15) is 0 Å². The van der Waals surface area contributed by atoms with E-state index in [9.17, 15) is 9.59 Å². The number of aromatic amines is 1. The first-order valence-electron chi connectivity index (χ1n) is 5.94. The molecule has 1 aliphatic rings. The number of nitrogens with zero attached hydrogens (tertiary/aromatic N) is 2. The summed E-state index contributed by atoms with van der Waals surface area (Å²) < 4.78 is 4.77. The lowest BCUT2D eigenvalue weighted by molar-refractivity contribution is 0.0523. The molecule has 0 saturated carbocycles. The van der Waals surface area contributed by atoms with Gasteiger partial charge in [0.25, 0.3) is 5.56 Å².